The Labute approximate surface area is 145 Å². The van der Waals surface area contributed by atoms with E-state index in [1.807, 2.05) is 31.2 Å². The number of aromatic nitrogens is 1. The molecular formula is C18H22BrN3O. The van der Waals surface area contributed by atoms with Crippen molar-refractivity contribution in [3.05, 3.63) is 52.1 Å². The van der Waals surface area contributed by atoms with Crippen molar-refractivity contribution in [2.45, 2.75) is 27.2 Å². The molecule has 0 aliphatic carbocycles. The van der Waals surface area contributed by atoms with Gasteiger partial charge >= 0.3 is 0 Å². The first-order valence-electron chi connectivity index (χ1n) is 7.73. The lowest BCUT2D eigenvalue weighted by molar-refractivity contribution is 0.102. The van der Waals surface area contributed by atoms with Crippen LogP contribution in [0.3, 0.4) is 0 Å². The number of amides is 1. The Bertz CT molecular complexity index is 668. The van der Waals surface area contributed by atoms with Gasteiger partial charge in [-0.15, -0.1) is 0 Å². The first-order chi connectivity index (χ1) is 11.0. The number of carbonyl (C=O) groups is 1. The maximum absolute atomic E-state index is 12.3. The fourth-order valence-corrected chi connectivity index (χ4v) is 2.56. The van der Waals surface area contributed by atoms with Gasteiger partial charge in [0.2, 0.25) is 0 Å². The predicted octanol–water partition coefficient (Wildman–Crippen LogP) is 4.86. The van der Waals surface area contributed by atoms with Crippen LogP contribution < -0.4 is 10.6 Å². The molecule has 5 heteroatoms. The topological polar surface area (TPSA) is 54.0 Å². The minimum atomic E-state index is -0.156. The highest BCUT2D eigenvalue weighted by molar-refractivity contribution is 9.10. The van der Waals surface area contributed by atoms with Crippen molar-refractivity contribution >= 4 is 33.3 Å². The summed E-state index contributed by atoms with van der Waals surface area (Å²) in [5.41, 5.74) is 2.35. The van der Waals surface area contributed by atoms with Gasteiger partial charge in [-0.2, -0.15) is 0 Å². The van der Waals surface area contributed by atoms with Crippen LogP contribution in [0.25, 0.3) is 0 Å². The second-order valence-electron chi connectivity index (χ2n) is 5.95. The number of pyridine rings is 1. The monoisotopic (exact) mass is 375 g/mol. The van der Waals surface area contributed by atoms with Gasteiger partial charge < -0.3 is 10.6 Å². The molecule has 0 unspecified atom stereocenters. The van der Waals surface area contributed by atoms with E-state index in [4.69, 9.17) is 0 Å². The molecule has 0 saturated heterocycles. The third-order valence-electron chi connectivity index (χ3n) is 3.49. The van der Waals surface area contributed by atoms with Crippen molar-refractivity contribution in [2.75, 3.05) is 17.2 Å². The number of hydrogen-bond acceptors (Lipinski definition) is 3. The molecule has 1 aromatic carbocycles. The molecular weight excluding hydrogens is 354 g/mol. The fraction of sp³-hybridized carbons (Fsp3) is 0.333. The van der Waals surface area contributed by atoms with E-state index in [1.54, 1.807) is 12.3 Å². The minimum absolute atomic E-state index is 0.156. The van der Waals surface area contributed by atoms with Gasteiger partial charge in [0.05, 0.1) is 5.56 Å². The van der Waals surface area contributed by atoms with Gasteiger partial charge in [-0.25, -0.2) is 4.98 Å². The molecule has 23 heavy (non-hydrogen) atoms. The van der Waals surface area contributed by atoms with Crippen molar-refractivity contribution in [3.63, 3.8) is 0 Å². The summed E-state index contributed by atoms with van der Waals surface area (Å²) >= 11 is 3.42. The Balaban J connectivity index is 1.97. The van der Waals surface area contributed by atoms with Gasteiger partial charge in [-0.05, 0) is 55.2 Å². The van der Waals surface area contributed by atoms with E-state index in [9.17, 15) is 4.79 Å². The van der Waals surface area contributed by atoms with Gasteiger partial charge in [-0.3, -0.25) is 4.79 Å². The first kappa shape index (κ1) is 17.5. The molecule has 1 amide bonds. The normalized spacial score (nSPS) is 10.7. The van der Waals surface area contributed by atoms with E-state index in [-0.39, 0.29) is 5.91 Å². The highest BCUT2D eigenvalue weighted by Gasteiger charge is 2.08. The van der Waals surface area contributed by atoms with Gasteiger partial charge in [0.25, 0.3) is 5.91 Å². The molecule has 1 heterocycles. The first-order valence-corrected chi connectivity index (χ1v) is 8.52. The average Bonchev–Trinajstić information content (AvgIpc) is 2.50. The molecule has 0 radical (unpaired) electrons. The van der Waals surface area contributed by atoms with Crippen LogP contribution >= 0.6 is 15.9 Å². The molecule has 122 valence electrons. The third kappa shape index (κ3) is 5.36. The summed E-state index contributed by atoms with van der Waals surface area (Å²) in [6.45, 7) is 7.22. The summed E-state index contributed by atoms with van der Waals surface area (Å²) < 4.78 is 0.992. The van der Waals surface area contributed by atoms with Crippen molar-refractivity contribution in [3.8, 4) is 0 Å². The Kier molecular flexibility index (Phi) is 6.16. The number of aryl methyl sites for hydroxylation is 1. The molecule has 0 bridgehead atoms. The van der Waals surface area contributed by atoms with Crippen LogP contribution in [0.2, 0.25) is 0 Å². The van der Waals surface area contributed by atoms with Gasteiger partial charge in [0.15, 0.2) is 0 Å². The summed E-state index contributed by atoms with van der Waals surface area (Å²) in [5.74, 6) is 1.29. The number of anilines is 2. The van der Waals surface area contributed by atoms with Crippen LogP contribution in [0.4, 0.5) is 11.5 Å². The number of nitrogens with zero attached hydrogens (tertiary/aromatic N) is 1. The van der Waals surface area contributed by atoms with Crippen LogP contribution in [0.5, 0.6) is 0 Å². The molecule has 4 nitrogen and oxygen atoms in total. The van der Waals surface area contributed by atoms with E-state index < -0.39 is 0 Å². The summed E-state index contributed by atoms with van der Waals surface area (Å²) in [6.07, 6.45) is 2.69. The SMILES string of the molecule is Cc1cc(Br)ccc1NC(=O)c1ccc(NCCC(C)C)nc1. The highest BCUT2D eigenvalue weighted by Crippen LogP contribution is 2.20. The summed E-state index contributed by atoms with van der Waals surface area (Å²) in [7, 11) is 0. The molecule has 2 N–H and O–H groups in total. The number of rotatable bonds is 6. The Morgan fingerprint density at radius 2 is 2.04 bits per heavy atom. The molecule has 1 aromatic heterocycles. The lowest BCUT2D eigenvalue weighted by Crippen LogP contribution is -2.13. The molecule has 0 fully saturated rings. The van der Waals surface area contributed by atoms with E-state index in [1.165, 1.54) is 0 Å². The molecule has 2 rings (SSSR count). The number of hydrogen-bond donors (Lipinski definition) is 2. The van der Waals surface area contributed by atoms with E-state index in [0.29, 0.717) is 11.5 Å². The zero-order chi connectivity index (χ0) is 16.8. The van der Waals surface area contributed by atoms with Crippen molar-refractivity contribution in [1.29, 1.82) is 0 Å². The summed E-state index contributed by atoms with van der Waals surface area (Å²) in [6, 6.07) is 9.38. The van der Waals surface area contributed by atoms with Crippen LogP contribution in [-0.4, -0.2) is 17.4 Å². The van der Waals surface area contributed by atoms with Crippen LogP contribution in [0.15, 0.2) is 41.0 Å². The molecule has 0 aliphatic rings. The number of nitrogens with one attached hydrogen (secondary N) is 2. The van der Waals surface area contributed by atoms with Crippen LogP contribution in [0, 0.1) is 12.8 Å². The zero-order valence-electron chi connectivity index (χ0n) is 13.7. The van der Waals surface area contributed by atoms with E-state index in [0.717, 1.165) is 34.5 Å². The molecule has 2 aromatic rings. The van der Waals surface area contributed by atoms with Crippen LogP contribution in [0.1, 0.15) is 36.2 Å². The van der Waals surface area contributed by atoms with Crippen molar-refractivity contribution < 1.29 is 4.79 Å². The van der Waals surface area contributed by atoms with E-state index in [2.05, 4.69) is 45.4 Å². The van der Waals surface area contributed by atoms with Crippen molar-refractivity contribution in [1.82, 2.24) is 4.98 Å². The molecule has 0 aliphatic heterocycles. The minimum Gasteiger partial charge on any atom is -0.370 e. The number of halogens is 1. The average molecular weight is 376 g/mol. The standard InChI is InChI=1S/C18H22BrN3O/c1-12(2)8-9-20-17-7-4-14(11-21-17)18(23)22-16-6-5-15(19)10-13(16)3/h4-7,10-12H,8-9H2,1-3H3,(H,20,21)(H,22,23). The smallest absolute Gasteiger partial charge is 0.257 e. The summed E-state index contributed by atoms with van der Waals surface area (Å²) in [4.78, 5) is 16.6. The van der Waals surface area contributed by atoms with Gasteiger partial charge in [0.1, 0.15) is 5.82 Å². The maximum Gasteiger partial charge on any atom is 0.257 e. The molecule has 0 saturated carbocycles. The largest absolute Gasteiger partial charge is 0.370 e. The lowest BCUT2D eigenvalue weighted by atomic mass is 10.1. The molecule has 0 spiro atoms. The number of carbonyl (C=O) groups excluding carboxylic acids is 1. The number of benzene rings is 1. The fourth-order valence-electron chi connectivity index (χ4n) is 2.08. The van der Waals surface area contributed by atoms with Gasteiger partial charge in [-0.1, -0.05) is 29.8 Å². The van der Waals surface area contributed by atoms with Crippen LogP contribution in [-0.2, 0) is 0 Å². The lowest BCUT2D eigenvalue weighted by Gasteiger charge is -2.10. The molecule has 0 atom stereocenters. The quantitative estimate of drug-likeness (QED) is 0.757. The third-order valence-corrected chi connectivity index (χ3v) is 3.98. The van der Waals surface area contributed by atoms with Gasteiger partial charge in [0, 0.05) is 22.9 Å². The Morgan fingerprint density at radius 3 is 2.65 bits per heavy atom. The highest BCUT2D eigenvalue weighted by atomic mass is 79.9. The second kappa shape index (κ2) is 8.11. The van der Waals surface area contributed by atoms with E-state index >= 15 is 0 Å². The Morgan fingerprint density at radius 1 is 1.26 bits per heavy atom. The predicted molar refractivity (Wildman–Crippen MR) is 99.0 cm³/mol. The maximum atomic E-state index is 12.3. The van der Waals surface area contributed by atoms with Crippen molar-refractivity contribution in [2.24, 2.45) is 5.92 Å². The summed E-state index contributed by atoms with van der Waals surface area (Å²) in [5, 5.41) is 6.17. The second-order valence-corrected chi connectivity index (χ2v) is 6.87. The zero-order valence-corrected chi connectivity index (χ0v) is 15.3. The Hall–Kier alpha value is -1.88.